The van der Waals surface area contributed by atoms with Crippen molar-refractivity contribution in [1.82, 2.24) is 0 Å². The molecular weight excluding hydrogens is 286 g/mol. The molecular formula is C20H23NO2. The molecule has 0 bridgehead atoms. The van der Waals surface area contributed by atoms with E-state index in [-0.39, 0.29) is 11.9 Å². The van der Waals surface area contributed by atoms with Gasteiger partial charge < -0.3 is 10.5 Å². The number of nitrogen functional groups attached to an aromatic ring is 1. The molecule has 3 heteroatoms. The molecule has 120 valence electrons. The second kappa shape index (κ2) is 6.07. The van der Waals surface area contributed by atoms with Crippen LogP contribution in [0.1, 0.15) is 66.3 Å². The number of ketones is 1. The second-order valence-corrected chi connectivity index (χ2v) is 6.47. The van der Waals surface area contributed by atoms with Gasteiger partial charge in [-0.2, -0.15) is 0 Å². The Labute approximate surface area is 137 Å². The topological polar surface area (TPSA) is 52.3 Å². The number of hydrogen-bond acceptors (Lipinski definition) is 3. The van der Waals surface area contributed by atoms with Gasteiger partial charge in [-0.3, -0.25) is 4.79 Å². The summed E-state index contributed by atoms with van der Waals surface area (Å²) in [6.45, 7) is 6.38. The van der Waals surface area contributed by atoms with Crippen molar-refractivity contribution in [1.29, 1.82) is 0 Å². The first kappa shape index (κ1) is 15.6. The Hall–Kier alpha value is -2.29. The van der Waals surface area contributed by atoms with E-state index < -0.39 is 0 Å². The molecule has 0 saturated carbocycles. The Morgan fingerprint density at radius 3 is 2.52 bits per heavy atom. The fourth-order valence-corrected chi connectivity index (χ4v) is 3.00. The van der Waals surface area contributed by atoms with Crippen LogP contribution >= 0.6 is 0 Å². The SMILES string of the molecule is CCc1cc(N)c2c(c1)C(=O)CC(c1ccc(C(C)C)cc1)O2. The molecule has 1 aliphatic heterocycles. The third kappa shape index (κ3) is 2.96. The second-order valence-electron chi connectivity index (χ2n) is 6.47. The molecule has 0 aliphatic carbocycles. The van der Waals surface area contributed by atoms with E-state index in [9.17, 15) is 4.79 Å². The molecule has 23 heavy (non-hydrogen) atoms. The van der Waals surface area contributed by atoms with Crippen LogP contribution in [0.2, 0.25) is 0 Å². The van der Waals surface area contributed by atoms with E-state index in [0.717, 1.165) is 17.5 Å². The van der Waals surface area contributed by atoms with Crippen molar-refractivity contribution in [3.63, 3.8) is 0 Å². The van der Waals surface area contributed by atoms with Crippen LogP contribution in [0, 0.1) is 0 Å². The van der Waals surface area contributed by atoms with Gasteiger partial charge in [-0.1, -0.05) is 45.0 Å². The molecule has 0 fully saturated rings. The summed E-state index contributed by atoms with van der Waals surface area (Å²) < 4.78 is 6.07. The van der Waals surface area contributed by atoms with Crippen LogP contribution in [-0.4, -0.2) is 5.78 Å². The number of ether oxygens (including phenoxy) is 1. The van der Waals surface area contributed by atoms with Crippen molar-refractivity contribution in [2.75, 3.05) is 5.73 Å². The highest BCUT2D eigenvalue weighted by atomic mass is 16.5. The van der Waals surface area contributed by atoms with Gasteiger partial charge in [0.1, 0.15) is 6.10 Å². The molecule has 1 atom stereocenters. The summed E-state index contributed by atoms with van der Waals surface area (Å²) in [4.78, 5) is 12.5. The largest absolute Gasteiger partial charge is 0.482 e. The molecule has 1 aliphatic rings. The van der Waals surface area contributed by atoms with E-state index in [0.29, 0.717) is 29.3 Å². The van der Waals surface area contributed by atoms with E-state index >= 15 is 0 Å². The summed E-state index contributed by atoms with van der Waals surface area (Å²) in [6, 6.07) is 12.1. The Morgan fingerprint density at radius 2 is 1.91 bits per heavy atom. The van der Waals surface area contributed by atoms with Crippen LogP contribution in [0.15, 0.2) is 36.4 Å². The summed E-state index contributed by atoms with van der Waals surface area (Å²) >= 11 is 0. The number of nitrogens with two attached hydrogens (primary N) is 1. The third-order valence-electron chi connectivity index (χ3n) is 4.49. The molecule has 0 saturated heterocycles. The highest BCUT2D eigenvalue weighted by Crippen LogP contribution is 2.39. The van der Waals surface area contributed by atoms with Gasteiger partial charge in [-0.15, -0.1) is 0 Å². The molecule has 2 aromatic carbocycles. The molecule has 0 aromatic heterocycles. The number of fused-ring (bicyclic) bond motifs is 1. The minimum atomic E-state index is -0.258. The van der Waals surface area contributed by atoms with Crippen LogP contribution in [0.5, 0.6) is 5.75 Å². The van der Waals surface area contributed by atoms with Gasteiger partial charge in [0.15, 0.2) is 11.5 Å². The number of Topliss-reactive ketones (excluding diaryl/α,β-unsaturated/α-hetero) is 1. The van der Waals surface area contributed by atoms with Crippen LogP contribution in [0.3, 0.4) is 0 Å². The lowest BCUT2D eigenvalue weighted by Crippen LogP contribution is -2.21. The van der Waals surface area contributed by atoms with Crippen molar-refractivity contribution < 1.29 is 9.53 Å². The van der Waals surface area contributed by atoms with Gasteiger partial charge in [0.25, 0.3) is 0 Å². The Balaban J connectivity index is 1.92. The normalized spacial score (nSPS) is 17.0. The molecule has 0 spiro atoms. The maximum atomic E-state index is 12.5. The maximum absolute atomic E-state index is 12.5. The quantitative estimate of drug-likeness (QED) is 0.839. The molecule has 1 unspecified atom stereocenters. The van der Waals surface area contributed by atoms with Crippen LogP contribution in [0.25, 0.3) is 0 Å². The molecule has 2 aromatic rings. The average molecular weight is 309 g/mol. The van der Waals surface area contributed by atoms with E-state index in [1.54, 1.807) is 0 Å². The fourth-order valence-electron chi connectivity index (χ4n) is 3.00. The van der Waals surface area contributed by atoms with E-state index in [4.69, 9.17) is 10.5 Å². The first-order chi connectivity index (χ1) is 11.0. The van der Waals surface area contributed by atoms with Gasteiger partial charge in [0.05, 0.1) is 17.7 Å². The van der Waals surface area contributed by atoms with E-state index in [1.165, 1.54) is 5.56 Å². The molecule has 2 N–H and O–H groups in total. The number of anilines is 1. The summed E-state index contributed by atoms with van der Waals surface area (Å²) in [5, 5.41) is 0. The summed E-state index contributed by atoms with van der Waals surface area (Å²) in [5.74, 6) is 1.13. The first-order valence-electron chi connectivity index (χ1n) is 8.21. The first-order valence-corrected chi connectivity index (χ1v) is 8.21. The smallest absolute Gasteiger partial charge is 0.170 e. The lowest BCUT2D eigenvalue weighted by molar-refractivity contribution is 0.0851. The van der Waals surface area contributed by atoms with Gasteiger partial charge in [0.2, 0.25) is 0 Å². The van der Waals surface area contributed by atoms with E-state index in [1.807, 2.05) is 12.1 Å². The number of rotatable bonds is 3. The van der Waals surface area contributed by atoms with Crippen molar-refractivity contribution in [2.45, 2.75) is 45.6 Å². The van der Waals surface area contributed by atoms with Crippen molar-refractivity contribution in [3.05, 3.63) is 58.7 Å². The Kier molecular flexibility index (Phi) is 4.12. The van der Waals surface area contributed by atoms with Crippen LogP contribution in [-0.2, 0) is 6.42 Å². The number of hydrogen-bond donors (Lipinski definition) is 1. The average Bonchev–Trinajstić information content (AvgIpc) is 2.55. The van der Waals surface area contributed by atoms with E-state index in [2.05, 4.69) is 45.0 Å². The number of carbonyl (C=O) groups is 1. The number of benzene rings is 2. The molecule has 3 rings (SSSR count). The van der Waals surface area contributed by atoms with Gasteiger partial charge in [-0.05, 0) is 41.2 Å². The van der Waals surface area contributed by atoms with Crippen LogP contribution < -0.4 is 10.5 Å². The number of carbonyl (C=O) groups excluding carboxylic acids is 1. The predicted octanol–water partition coefficient (Wildman–Crippen LogP) is 4.66. The summed E-state index contributed by atoms with van der Waals surface area (Å²) in [6.07, 6.45) is 0.955. The van der Waals surface area contributed by atoms with Gasteiger partial charge in [0, 0.05) is 0 Å². The Bertz CT molecular complexity index is 732. The zero-order valence-corrected chi connectivity index (χ0v) is 13.9. The minimum absolute atomic E-state index is 0.103. The van der Waals surface area contributed by atoms with Gasteiger partial charge >= 0.3 is 0 Å². The van der Waals surface area contributed by atoms with Crippen molar-refractivity contribution in [2.24, 2.45) is 0 Å². The fraction of sp³-hybridized carbons (Fsp3) is 0.350. The van der Waals surface area contributed by atoms with Crippen molar-refractivity contribution in [3.8, 4) is 5.75 Å². The zero-order chi connectivity index (χ0) is 16.6. The monoisotopic (exact) mass is 309 g/mol. The minimum Gasteiger partial charge on any atom is -0.482 e. The summed E-state index contributed by atoms with van der Waals surface area (Å²) in [5.41, 5.74) is 10.7. The van der Waals surface area contributed by atoms with Crippen LogP contribution in [0.4, 0.5) is 5.69 Å². The highest BCUT2D eigenvalue weighted by Gasteiger charge is 2.29. The lowest BCUT2D eigenvalue weighted by Gasteiger charge is -2.27. The number of aryl methyl sites for hydroxylation is 1. The highest BCUT2D eigenvalue weighted by molar-refractivity contribution is 6.01. The van der Waals surface area contributed by atoms with Crippen molar-refractivity contribution >= 4 is 11.5 Å². The molecule has 1 heterocycles. The maximum Gasteiger partial charge on any atom is 0.170 e. The molecule has 3 nitrogen and oxygen atoms in total. The lowest BCUT2D eigenvalue weighted by atomic mass is 9.92. The molecule has 0 amide bonds. The van der Waals surface area contributed by atoms with Gasteiger partial charge in [-0.25, -0.2) is 0 Å². The Morgan fingerprint density at radius 1 is 1.22 bits per heavy atom. The standard InChI is InChI=1S/C20H23NO2/c1-4-13-9-16-18(22)11-19(23-20(16)17(21)10-13)15-7-5-14(6-8-15)12(2)3/h5-10,12,19H,4,11,21H2,1-3H3. The third-order valence-corrected chi connectivity index (χ3v) is 4.49. The zero-order valence-electron chi connectivity index (χ0n) is 13.9. The summed E-state index contributed by atoms with van der Waals surface area (Å²) in [7, 11) is 0. The molecule has 0 radical (unpaired) electrons. The predicted molar refractivity (Wildman–Crippen MR) is 93.1 cm³/mol.